The molecule has 0 bridgehead atoms. The lowest BCUT2D eigenvalue weighted by Crippen LogP contribution is -2.25. The van der Waals surface area contributed by atoms with Crippen LogP contribution in [0.25, 0.3) is 33.6 Å². The number of nitrogens with one attached hydrogen (secondary N) is 2. The number of ether oxygens (including phenoxy) is 2. The molecular formula is C35H35Cl2N7O3. The lowest BCUT2D eigenvalue weighted by atomic mass is 9.98. The van der Waals surface area contributed by atoms with E-state index in [0.29, 0.717) is 75.9 Å². The molecule has 3 heterocycles. The van der Waals surface area contributed by atoms with E-state index >= 15 is 0 Å². The summed E-state index contributed by atoms with van der Waals surface area (Å²) in [5, 5.41) is 16.6. The number of nitrogens with zero attached hydrogens (tertiary/aromatic N) is 5. The Morgan fingerprint density at radius 2 is 1.51 bits per heavy atom. The molecule has 1 aliphatic carbocycles. The van der Waals surface area contributed by atoms with Crippen molar-refractivity contribution in [2.45, 2.75) is 57.5 Å². The molecule has 0 radical (unpaired) electrons. The average molecular weight is 673 g/mol. The SMILES string of the molecule is COc1nc(-c2cccc(-c3cccc(-c4cnc(CNCC5(C#N)CC5)c(OC)n4)c3Cl)c2Cl)cnc1CCC[C@@H]1CCC(=O)N1. The second-order valence-electron chi connectivity index (χ2n) is 11.9. The van der Waals surface area contributed by atoms with Crippen molar-refractivity contribution in [3.05, 3.63) is 70.2 Å². The molecule has 1 atom stereocenters. The van der Waals surface area contributed by atoms with Gasteiger partial charge in [-0.1, -0.05) is 59.6 Å². The molecule has 2 fully saturated rings. The molecule has 1 amide bonds. The van der Waals surface area contributed by atoms with Gasteiger partial charge in [0.25, 0.3) is 0 Å². The van der Waals surface area contributed by atoms with Crippen LogP contribution in [-0.2, 0) is 17.8 Å². The minimum Gasteiger partial charge on any atom is -0.480 e. The smallest absolute Gasteiger partial charge is 0.237 e. The highest BCUT2D eigenvalue weighted by Crippen LogP contribution is 2.44. The predicted molar refractivity (Wildman–Crippen MR) is 180 cm³/mol. The molecule has 1 aliphatic heterocycles. The van der Waals surface area contributed by atoms with Crippen molar-refractivity contribution in [1.29, 1.82) is 5.26 Å². The second kappa shape index (κ2) is 14.2. The summed E-state index contributed by atoms with van der Waals surface area (Å²) in [6, 6.07) is 14.0. The van der Waals surface area contributed by atoms with Gasteiger partial charge in [-0.2, -0.15) is 5.26 Å². The summed E-state index contributed by atoms with van der Waals surface area (Å²) >= 11 is 14.1. The molecule has 0 unspecified atom stereocenters. The van der Waals surface area contributed by atoms with Crippen molar-refractivity contribution in [1.82, 2.24) is 30.6 Å². The van der Waals surface area contributed by atoms with Crippen molar-refractivity contribution < 1.29 is 14.3 Å². The number of halogens is 2. The molecule has 6 rings (SSSR count). The van der Waals surface area contributed by atoms with Crippen molar-refractivity contribution in [3.8, 4) is 51.5 Å². The largest absolute Gasteiger partial charge is 0.480 e. The number of methoxy groups -OCH3 is 2. The average Bonchev–Trinajstić information content (AvgIpc) is 3.76. The Balaban J connectivity index is 1.22. The van der Waals surface area contributed by atoms with Gasteiger partial charge in [0.15, 0.2) is 0 Å². The Bertz CT molecular complexity index is 1840. The summed E-state index contributed by atoms with van der Waals surface area (Å²) in [4.78, 5) is 30.3. The fourth-order valence-corrected chi connectivity index (χ4v) is 6.51. The molecule has 47 heavy (non-hydrogen) atoms. The first-order valence-electron chi connectivity index (χ1n) is 15.6. The van der Waals surface area contributed by atoms with Crippen LogP contribution in [0.3, 0.4) is 0 Å². The van der Waals surface area contributed by atoms with Crippen LogP contribution < -0.4 is 20.1 Å². The fraction of sp³-hybridized carbons (Fsp3) is 0.371. The van der Waals surface area contributed by atoms with Crippen LogP contribution in [-0.4, -0.2) is 52.6 Å². The molecule has 2 N–H and O–H groups in total. The number of carbonyl (C=O) groups is 1. The maximum Gasteiger partial charge on any atom is 0.237 e. The summed E-state index contributed by atoms with van der Waals surface area (Å²) in [6.45, 7) is 1.04. The van der Waals surface area contributed by atoms with E-state index in [9.17, 15) is 10.1 Å². The molecule has 1 saturated heterocycles. The molecule has 2 aromatic heterocycles. The first-order valence-corrected chi connectivity index (χ1v) is 16.4. The summed E-state index contributed by atoms with van der Waals surface area (Å²) in [6.07, 6.45) is 9.11. The molecule has 1 saturated carbocycles. The van der Waals surface area contributed by atoms with Gasteiger partial charge in [-0.3, -0.25) is 14.8 Å². The zero-order valence-corrected chi connectivity index (χ0v) is 27.8. The second-order valence-corrected chi connectivity index (χ2v) is 12.7. The lowest BCUT2D eigenvalue weighted by Gasteiger charge is -2.15. The third-order valence-corrected chi connectivity index (χ3v) is 9.56. The van der Waals surface area contributed by atoms with Gasteiger partial charge in [0.05, 0.1) is 59.5 Å². The van der Waals surface area contributed by atoms with Crippen molar-refractivity contribution in [2.75, 3.05) is 20.8 Å². The summed E-state index contributed by atoms with van der Waals surface area (Å²) in [7, 11) is 3.14. The third kappa shape index (κ3) is 7.18. The zero-order chi connectivity index (χ0) is 33.0. The summed E-state index contributed by atoms with van der Waals surface area (Å²) < 4.78 is 11.2. The van der Waals surface area contributed by atoms with Gasteiger partial charge in [0.2, 0.25) is 17.7 Å². The number of rotatable bonds is 13. The van der Waals surface area contributed by atoms with E-state index in [4.69, 9.17) is 42.6 Å². The summed E-state index contributed by atoms with van der Waals surface area (Å²) in [5.74, 6) is 0.956. The molecule has 0 spiro atoms. The monoisotopic (exact) mass is 671 g/mol. The Morgan fingerprint density at radius 3 is 2.04 bits per heavy atom. The van der Waals surface area contributed by atoms with E-state index in [1.54, 1.807) is 26.6 Å². The predicted octanol–water partition coefficient (Wildman–Crippen LogP) is 6.59. The van der Waals surface area contributed by atoms with Crippen molar-refractivity contribution >= 4 is 29.1 Å². The van der Waals surface area contributed by atoms with Crippen LogP contribution in [0, 0.1) is 16.7 Å². The van der Waals surface area contributed by atoms with Gasteiger partial charge in [-0.05, 0) is 38.5 Å². The maximum absolute atomic E-state index is 11.5. The van der Waals surface area contributed by atoms with Crippen LogP contribution >= 0.6 is 23.2 Å². The van der Waals surface area contributed by atoms with Gasteiger partial charge in [0, 0.05) is 47.8 Å². The topological polar surface area (TPSA) is 135 Å². The van der Waals surface area contributed by atoms with Gasteiger partial charge in [-0.25, -0.2) is 9.97 Å². The first kappa shape index (κ1) is 32.6. The highest BCUT2D eigenvalue weighted by atomic mass is 35.5. The number of aryl methyl sites for hydroxylation is 1. The number of carbonyl (C=O) groups excluding carboxylic acids is 1. The number of hydrogen-bond acceptors (Lipinski definition) is 9. The Kier molecular flexibility index (Phi) is 9.87. The minimum atomic E-state index is -0.258. The number of hydrogen-bond donors (Lipinski definition) is 2. The van der Waals surface area contributed by atoms with Gasteiger partial charge >= 0.3 is 0 Å². The van der Waals surface area contributed by atoms with Crippen molar-refractivity contribution in [3.63, 3.8) is 0 Å². The van der Waals surface area contributed by atoms with Crippen LogP contribution in [0.2, 0.25) is 10.0 Å². The van der Waals surface area contributed by atoms with Gasteiger partial charge in [-0.15, -0.1) is 0 Å². The quantitative estimate of drug-likeness (QED) is 0.161. The normalized spacial score (nSPS) is 16.4. The molecule has 2 aliphatic rings. The first-order chi connectivity index (χ1) is 22.8. The highest BCUT2D eigenvalue weighted by molar-refractivity contribution is 6.39. The van der Waals surface area contributed by atoms with Crippen molar-refractivity contribution in [2.24, 2.45) is 5.41 Å². The molecule has 2 aromatic carbocycles. The van der Waals surface area contributed by atoms with Crippen LogP contribution in [0.5, 0.6) is 11.8 Å². The lowest BCUT2D eigenvalue weighted by molar-refractivity contribution is -0.119. The molecule has 10 nitrogen and oxygen atoms in total. The molecule has 242 valence electrons. The highest BCUT2D eigenvalue weighted by Gasteiger charge is 2.42. The van der Waals surface area contributed by atoms with E-state index in [2.05, 4.69) is 26.7 Å². The Morgan fingerprint density at radius 1 is 0.936 bits per heavy atom. The number of nitriles is 1. The van der Waals surface area contributed by atoms with E-state index in [-0.39, 0.29) is 17.4 Å². The molecule has 12 heteroatoms. The fourth-order valence-electron chi connectivity index (χ4n) is 5.86. The summed E-state index contributed by atoms with van der Waals surface area (Å²) in [5.41, 5.74) is 5.12. The van der Waals surface area contributed by atoms with Gasteiger partial charge in [0.1, 0.15) is 11.4 Å². The van der Waals surface area contributed by atoms with Crippen LogP contribution in [0.1, 0.15) is 49.9 Å². The van der Waals surface area contributed by atoms with Gasteiger partial charge < -0.3 is 20.1 Å². The van der Waals surface area contributed by atoms with Crippen LogP contribution in [0.15, 0.2) is 48.8 Å². The zero-order valence-electron chi connectivity index (χ0n) is 26.3. The van der Waals surface area contributed by atoms with E-state index in [1.807, 2.05) is 36.4 Å². The maximum atomic E-state index is 11.5. The molecule has 4 aromatic rings. The standard InChI is InChI=1S/C35H35Cl2N7O3/c1-46-33-26(11-3-6-21-12-13-30(45)42-21)40-17-27(43-33)24-9-4-7-22(31(24)36)23-8-5-10-25(32(23)37)28-18-41-29(34(44-28)47-2)16-39-20-35(19-38)14-15-35/h4-5,7-10,17-18,21,39H,3,6,11-16,20H2,1-2H3,(H,42,45)/t21-/m1/s1. The Labute approximate surface area is 283 Å². The van der Waals surface area contributed by atoms with E-state index in [1.165, 1.54) is 0 Å². The van der Waals surface area contributed by atoms with E-state index in [0.717, 1.165) is 48.9 Å². The van der Waals surface area contributed by atoms with Crippen LogP contribution in [0.4, 0.5) is 0 Å². The minimum absolute atomic E-state index is 0.121. The van der Waals surface area contributed by atoms with E-state index < -0.39 is 0 Å². The number of benzene rings is 2. The number of aromatic nitrogens is 4. The Hall–Kier alpha value is -4.30. The number of amides is 1. The third-order valence-electron chi connectivity index (χ3n) is 8.75. The molecular weight excluding hydrogens is 637 g/mol.